The van der Waals surface area contributed by atoms with E-state index in [1.54, 1.807) is 25.1 Å². The van der Waals surface area contributed by atoms with Crippen molar-refractivity contribution in [2.75, 3.05) is 4.72 Å². The number of anilines is 1. The molecule has 3 rings (SSSR count). The number of rotatable bonds is 6. The van der Waals surface area contributed by atoms with Crippen LogP contribution < -0.4 is 10.0 Å². The van der Waals surface area contributed by atoms with Crippen LogP contribution in [0.4, 0.5) is 5.69 Å². The lowest BCUT2D eigenvalue weighted by Crippen LogP contribution is -2.24. The molecule has 0 spiro atoms. The summed E-state index contributed by atoms with van der Waals surface area (Å²) in [4.78, 5) is 12.7. The first kappa shape index (κ1) is 21.6. The van der Waals surface area contributed by atoms with Crippen LogP contribution in [0, 0.1) is 27.7 Å². The lowest BCUT2D eigenvalue weighted by molar-refractivity contribution is 0.0950. The van der Waals surface area contributed by atoms with Gasteiger partial charge in [0.1, 0.15) is 0 Å². The monoisotopic (exact) mass is 422 g/mol. The third kappa shape index (κ3) is 4.89. The molecule has 0 atom stereocenters. The molecule has 0 unspecified atom stereocenters. The molecule has 3 aromatic carbocycles. The fourth-order valence-corrected chi connectivity index (χ4v) is 4.65. The van der Waals surface area contributed by atoms with Gasteiger partial charge in [0.05, 0.1) is 10.6 Å². The molecule has 0 radical (unpaired) electrons. The molecule has 1 amide bonds. The largest absolute Gasteiger partial charge is 0.348 e. The fourth-order valence-electron chi connectivity index (χ4n) is 3.24. The van der Waals surface area contributed by atoms with Crippen molar-refractivity contribution < 1.29 is 13.2 Å². The van der Waals surface area contributed by atoms with Crippen LogP contribution in [0.15, 0.2) is 65.6 Å². The minimum atomic E-state index is -3.84. The number of nitrogens with one attached hydrogen (secondary N) is 2. The summed E-state index contributed by atoms with van der Waals surface area (Å²) in [6.07, 6.45) is 0. The number of hydrogen-bond acceptors (Lipinski definition) is 3. The Labute approximate surface area is 178 Å². The van der Waals surface area contributed by atoms with Crippen LogP contribution in [0.25, 0.3) is 0 Å². The minimum Gasteiger partial charge on any atom is -0.348 e. The molecule has 6 heteroatoms. The Bertz CT molecular complexity index is 1200. The molecule has 0 saturated heterocycles. The first-order chi connectivity index (χ1) is 14.2. The molecule has 0 aliphatic heterocycles. The van der Waals surface area contributed by atoms with Gasteiger partial charge in [-0.3, -0.25) is 9.52 Å². The van der Waals surface area contributed by atoms with Crippen LogP contribution in [0.5, 0.6) is 0 Å². The zero-order valence-corrected chi connectivity index (χ0v) is 18.4. The number of carbonyl (C=O) groups excluding carboxylic acids is 1. The first-order valence-electron chi connectivity index (χ1n) is 9.71. The second-order valence-corrected chi connectivity index (χ2v) is 9.16. The highest BCUT2D eigenvalue weighted by Gasteiger charge is 2.20. The van der Waals surface area contributed by atoms with Gasteiger partial charge in [-0.2, -0.15) is 0 Å². The van der Waals surface area contributed by atoms with E-state index in [9.17, 15) is 13.2 Å². The second-order valence-electron chi connectivity index (χ2n) is 7.51. The molecule has 2 N–H and O–H groups in total. The number of hydrogen-bond donors (Lipinski definition) is 2. The molecule has 0 heterocycles. The summed E-state index contributed by atoms with van der Waals surface area (Å²) in [5, 5.41) is 2.87. The average Bonchev–Trinajstić information content (AvgIpc) is 2.69. The summed E-state index contributed by atoms with van der Waals surface area (Å²) in [6, 6.07) is 18.0. The molecule has 30 heavy (non-hydrogen) atoms. The number of amides is 1. The zero-order valence-electron chi connectivity index (χ0n) is 17.6. The summed E-state index contributed by atoms with van der Waals surface area (Å²) in [7, 11) is -3.84. The van der Waals surface area contributed by atoms with E-state index in [0.29, 0.717) is 23.4 Å². The van der Waals surface area contributed by atoms with Gasteiger partial charge in [-0.1, -0.05) is 48.0 Å². The van der Waals surface area contributed by atoms with Crippen molar-refractivity contribution in [2.45, 2.75) is 39.1 Å². The van der Waals surface area contributed by atoms with Gasteiger partial charge in [0, 0.05) is 12.1 Å². The fraction of sp³-hybridized carbons (Fsp3) is 0.208. The van der Waals surface area contributed by atoms with E-state index in [4.69, 9.17) is 0 Å². The third-order valence-corrected chi connectivity index (χ3v) is 6.57. The maximum absolute atomic E-state index is 13.0. The zero-order chi connectivity index (χ0) is 21.9. The van der Waals surface area contributed by atoms with E-state index >= 15 is 0 Å². The van der Waals surface area contributed by atoms with Gasteiger partial charge in [0.2, 0.25) is 0 Å². The van der Waals surface area contributed by atoms with Crippen molar-refractivity contribution in [3.63, 3.8) is 0 Å². The van der Waals surface area contributed by atoms with Crippen LogP contribution in [-0.4, -0.2) is 14.3 Å². The normalized spacial score (nSPS) is 11.2. The smallest absolute Gasteiger partial charge is 0.262 e. The molecule has 0 fully saturated rings. The van der Waals surface area contributed by atoms with Crippen molar-refractivity contribution in [1.29, 1.82) is 0 Å². The summed E-state index contributed by atoms with van der Waals surface area (Å²) in [6.45, 7) is 7.88. The summed E-state index contributed by atoms with van der Waals surface area (Å²) < 4.78 is 28.7. The molecule has 0 aromatic heterocycles. The highest BCUT2D eigenvalue weighted by molar-refractivity contribution is 7.92. The first-order valence-corrected chi connectivity index (χ1v) is 11.2. The lowest BCUT2D eigenvalue weighted by atomic mass is 10.1. The van der Waals surface area contributed by atoms with Gasteiger partial charge in [0.15, 0.2) is 0 Å². The summed E-state index contributed by atoms with van der Waals surface area (Å²) in [5.74, 6) is -0.318. The molecular weight excluding hydrogens is 396 g/mol. The van der Waals surface area contributed by atoms with Crippen LogP contribution in [0.1, 0.15) is 38.2 Å². The Balaban J connectivity index is 1.83. The van der Waals surface area contributed by atoms with Crippen LogP contribution in [-0.2, 0) is 16.6 Å². The Morgan fingerprint density at radius 3 is 2.27 bits per heavy atom. The maximum atomic E-state index is 13.0. The highest BCUT2D eigenvalue weighted by Crippen LogP contribution is 2.23. The molecule has 0 aliphatic carbocycles. The Kier molecular flexibility index (Phi) is 6.27. The van der Waals surface area contributed by atoms with Crippen LogP contribution in [0.3, 0.4) is 0 Å². The number of benzene rings is 3. The molecule has 3 aromatic rings. The molecule has 5 nitrogen and oxygen atoms in total. The number of aryl methyl sites for hydroxylation is 4. The van der Waals surface area contributed by atoms with E-state index in [1.165, 1.54) is 6.07 Å². The number of carbonyl (C=O) groups is 1. The quantitative estimate of drug-likeness (QED) is 0.607. The molecule has 156 valence electrons. The lowest BCUT2D eigenvalue weighted by Gasteiger charge is -2.14. The second kappa shape index (κ2) is 8.71. The topological polar surface area (TPSA) is 75.3 Å². The van der Waals surface area contributed by atoms with Crippen LogP contribution >= 0.6 is 0 Å². The van der Waals surface area contributed by atoms with Gasteiger partial charge in [-0.25, -0.2) is 8.42 Å². The highest BCUT2D eigenvalue weighted by atomic mass is 32.2. The molecular formula is C24H26N2O3S. The van der Waals surface area contributed by atoms with Crippen molar-refractivity contribution in [3.8, 4) is 0 Å². The summed E-state index contributed by atoms with van der Waals surface area (Å²) in [5.41, 5.74) is 5.39. The standard InChI is InChI=1S/C24H26N2O3S/c1-16-9-12-22(19(4)13-16)26-30(28,29)23-14-20(11-10-18(23)3)24(27)25-15-21-8-6-5-7-17(21)2/h5-14,26H,15H2,1-4H3,(H,25,27). The predicted octanol–water partition coefficient (Wildman–Crippen LogP) is 4.65. The van der Waals surface area contributed by atoms with E-state index in [2.05, 4.69) is 10.0 Å². The predicted molar refractivity (Wildman–Crippen MR) is 120 cm³/mol. The van der Waals surface area contributed by atoms with Gasteiger partial charge in [-0.05, 0) is 68.1 Å². The van der Waals surface area contributed by atoms with Crippen molar-refractivity contribution in [2.24, 2.45) is 0 Å². The SMILES string of the molecule is Cc1ccc(NS(=O)(=O)c2cc(C(=O)NCc3ccccc3C)ccc2C)c(C)c1. The van der Waals surface area contributed by atoms with Crippen LogP contribution in [0.2, 0.25) is 0 Å². The van der Waals surface area contributed by atoms with Gasteiger partial charge < -0.3 is 5.32 Å². The Morgan fingerprint density at radius 1 is 0.833 bits per heavy atom. The van der Waals surface area contributed by atoms with E-state index in [-0.39, 0.29) is 10.8 Å². The third-order valence-electron chi connectivity index (χ3n) is 5.07. The van der Waals surface area contributed by atoms with Gasteiger partial charge in [-0.15, -0.1) is 0 Å². The van der Waals surface area contributed by atoms with Crippen molar-refractivity contribution in [3.05, 3.63) is 94.0 Å². The van der Waals surface area contributed by atoms with E-state index in [0.717, 1.165) is 22.3 Å². The molecule has 0 bridgehead atoms. The minimum absolute atomic E-state index is 0.0889. The molecule has 0 aliphatic rings. The maximum Gasteiger partial charge on any atom is 0.262 e. The van der Waals surface area contributed by atoms with E-state index < -0.39 is 10.0 Å². The Morgan fingerprint density at radius 2 is 1.57 bits per heavy atom. The van der Waals surface area contributed by atoms with E-state index in [1.807, 2.05) is 57.2 Å². The van der Waals surface area contributed by atoms with Gasteiger partial charge in [0.25, 0.3) is 15.9 Å². The average molecular weight is 423 g/mol. The Hall–Kier alpha value is -3.12. The van der Waals surface area contributed by atoms with Crippen molar-refractivity contribution >= 4 is 21.6 Å². The molecule has 0 saturated carbocycles. The summed E-state index contributed by atoms with van der Waals surface area (Å²) >= 11 is 0. The van der Waals surface area contributed by atoms with Gasteiger partial charge >= 0.3 is 0 Å². The van der Waals surface area contributed by atoms with Crippen molar-refractivity contribution in [1.82, 2.24) is 5.32 Å². The number of sulfonamides is 1.